The van der Waals surface area contributed by atoms with Gasteiger partial charge in [-0.1, -0.05) is 6.07 Å². The molecule has 0 saturated carbocycles. The normalized spacial score (nSPS) is 11.5. The molecule has 0 radical (unpaired) electrons. The molecule has 0 aliphatic carbocycles. The largest absolute Gasteiger partial charge is 0.480 e. The van der Waals surface area contributed by atoms with Crippen LogP contribution in [0.1, 0.15) is 12.5 Å². The summed E-state index contributed by atoms with van der Waals surface area (Å²) in [7, 11) is 0. The summed E-state index contributed by atoms with van der Waals surface area (Å²) in [6, 6.07) is 6.14. The number of hydrogen-bond acceptors (Lipinski definition) is 5. The van der Waals surface area contributed by atoms with Gasteiger partial charge < -0.3 is 21.0 Å². The lowest BCUT2D eigenvalue weighted by molar-refractivity contribution is -0.138. The SMILES string of the molecule is C[C@H](N)C(=O)O.Cc1ccc2c(N)cc(=O)oc2c1. The number of nitrogens with two attached hydrogens (primary N) is 2. The molecule has 0 saturated heterocycles. The van der Waals surface area contributed by atoms with Crippen LogP contribution in [0.15, 0.2) is 33.5 Å². The fraction of sp³-hybridized carbons (Fsp3) is 0.231. The van der Waals surface area contributed by atoms with Crippen LogP contribution in [0.2, 0.25) is 0 Å². The molecule has 2 rings (SSSR count). The second-order valence-corrected chi connectivity index (χ2v) is 4.15. The van der Waals surface area contributed by atoms with Gasteiger partial charge in [0.2, 0.25) is 0 Å². The zero-order valence-corrected chi connectivity index (χ0v) is 10.7. The smallest absolute Gasteiger partial charge is 0.338 e. The van der Waals surface area contributed by atoms with E-state index in [1.807, 2.05) is 19.1 Å². The highest BCUT2D eigenvalue weighted by atomic mass is 16.4. The van der Waals surface area contributed by atoms with E-state index in [0.29, 0.717) is 11.3 Å². The Hall–Kier alpha value is -2.34. The van der Waals surface area contributed by atoms with Gasteiger partial charge in [0, 0.05) is 17.1 Å². The molecule has 0 spiro atoms. The van der Waals surface area contributed by atoms with Crippen LogP contribution in [-0.2, 0) is 4.79 Å². The number of aliphatic carboxylic acids is 1. The maximum absolute atomic E-state index is 11.0. The summed E-state index contributed by atoms with van der Waals surface area (Å²) in [4.78, 5) is 20.5. The molecule has 5 N–H and O–H groups in total. The Bertz CT molecular complexity index is 647. The quantitative estimate of drug-likeness (QED) is 0.663. The van der Waals surface area contributed by atoms with Gasteiger partial charge in [-0.25, -0.2) is 4.79 Å². The van der Waals surface area contributed by atoms with Gasteiger partial charge in [-0.05, 0) is 31.5 Å². The highest BCUT2D eigenvalue weighted by Crippen LogP contribution is 2.19. The van der Waals surface area contributed by atoms with E-state index in [0.717, 1.165) is 10.9 Å². The molecule has 6 heteroatoms. The fourth-order valence-corrected chi connectivity index (χ4v) is 1.30. The lowest BCUT2D eigenvalue weighted by Gasteiger charge is -2.00. The first-order valence-corrected chi connectivity index (χ1v) is 5.59. The number of benzene rings is 1. The molecule has 1 aromatic heterocycles. The maximum atomic E-state index is 11.0. The first-order chi connectivity index (χ1) is 8.81. The third-order valence-electron chi connectivity index (χ3n) is 2.32. The van der Waals surface area contributed by atoms with Gasteiger partial charge in [-0.2, -0.15) is 0 Å². The zero-order valence-electron chi connectivity index (χ0n) is 10.7. The molecule has 0 aliphatic heterocycles. The molecule has 0 bridgehead atoms. The van der Waals surface area contributed by atoms with Crippen LogP contribution in [0.3, 0.4) is 0 Å². The van der Waals surface area contributed by atoms with Crippen molar-refractivity contribution in [3.63, 3.8) is 0 Å². The van der Waals surface area contributed by atoms with Gasteiger partial charge in [0.1, 0.15) is 11.6 Å². The van der Waals surface area contributed by atoms with Crippen LogP contribution in [-0.4, -0.2) is 17.1 Å². The van der Waals surface area contributed by atoms with E-state index in [2.05, 4.69) is 0 Å². The van der Waals surface area contributed by atoms with E-state index in [1.54, 1.807) is 6.07 Å². The summed E-state index contributed by atoms with van der Waals surface area (Å²) < 4.78 is 4.99. The van der Waals surface area contributed by atoms with Crippen LogP contribution < -0.4 is 17.1 Å². The second kappa shape index (κ2) is 6.01. The third kappa shape index (κ3) is 4.11. The van der Waals surface area contributed by atoms with Crippen molar-refractivity contribution in [2.45, 2.75) is 19.9 Å². The molecule has 0 amide bonds. The van der Waals surface area contributed by atoms with E-state index in [1.165, 1.54) is 13.0 Å². The van der Waals surface area contributed by atoms with E-state index < -0.39 is 17.6 Å². The molecule has 2 aromatic rings. The number of fused-ring (bicyclic) bond motifs is 1. The van der Waals surface area contributed by atoms with E-state index in [4.69, 9.17) is 21.0 Å². The second-order valence-electron chi connectivity index (χ2n) is 4.15. The van der Waals surface area contributed by atoms with Crippen LogP contribution in [0, 0.1) is 6.92 Å². The highest BCUT2D eigenvalue weighted by Gasteiger charge is 2.01. The lowest BCUT2D eigenvalue weighted by atomic mass is 10.1. The summed E-state index contributed by atoms with van der Waals surface area (Å²) in [6.07, 6.45) is 0. The fourth-order valence-electron chi connectivity index (χ4n) is 1.30. The van der Waals surface area contributed by atoms with E-state index >= 15 is 0 Å². The van der Waals surface area contributed by atoms with Crippen molar-refractivity contribution in [1.29, 1.82) is 0 Å². The van der Waals surface area contributed by atoms with Gasteiger partial charge >= 0.3 is 11.6 Å². The molecule has 0 fully saturated rings. The monoisotopic (exact) mass is 264 g/mol. The Labute approximate surface area is 109 Å². The topological polar surface area (TPSA) is 120 Å². The number of carboxylic acid groups (broad SMARTS) is 1. The van der Waals surface area contributed by atoms with Crippen LogP contribution in [0.5, 0.6) is 0 Å². The van der Waals surface area contributed by atoms with Gasteiger partial charge in [-0.15, -0.1) is 0 Å². The van der Waals surface area contributed by atoms with Crippen molar-refractivity contribution >= 4 is 22.6 Å². The molecule has 1 atom stereocenters. The predicted molar refractivity (Wildman–Crippen MR) is 72.9 cm³/mol. The highest BCUT2D eigenvalue weighted by molar-refractivity contribution is 5.88. The third-order valence-corrected chi connectivity index (χ3v) is 2.32. The standard InChI is InChI=1S/C10H9NO2.C3H7NO2/c1-6-2-3-7-8(11)5-10(12)13-9(7)4-6;1-2(4)3(5)6/h2-5H,11H2,1H3;2H,4H2,1H3,(H,5,6)/t;2-/m.0/s1. The Morgan fingerprint density at radius 3 is 2.47 bits per heavy atom. The molecule has 1 aromatic carbocycles. The first-order valence-electron chi connectivity index (χ1n) is 5.59. The van der Waals surface area contributed by atoms with Crippen molar-refractivity contribution < 1.29 is 14.3 Å². The molecule has 102 valence electrons. The predicted octanol–water partition coefficient (Wildman–Crippen LogP) is 1.10. The molecular weight excluding hydrogens is 248 g/mol. The van der Waals surface area contributed by atoms with Crippen molar-refractivity contribution in [3.8, 4) is 0 Å². The minimum Gasteiger partial charge on any atom is -0.480 e. The van der Waals surface area contributed by atoms with Crippen molar-refractivity contribution in [2.75, 3.05) is 5.73 Å². The van der Waals surface area contributed by atoms with Crippen LogP contribution in [0.4, 0.5) is 5.69 Å². The average Bonchev–Trinajstić information content (AvgIpc) is 2.28. The van der Waals surface area contributed by atoms with Crippen molar-refractivity contribution in [1.82, 2.24) is 0 Å². The van der Waals surface area contributed by atoms with E-state index in [-0.39, 0.29) is 0 Å². The molecule has 6 nitrogen and oxygen atoms in total. The number of hydrogen-bond donors (Lipinski definition) is 3. The Morgan fingerprint density at radius 1 is 1.37 bits per heavy atom. The number of rotatable bonds is 1. The summed E-state index contributed by atoms with van der Waals surface area (Å²) in [5.41, 5.74) is 12.1. The Balaban J connectivity index is 0.000000258. The van der Waals surface area contributed by atoms with E-state index in [9.17, 15) is 9.59 Å². The molecule has 0 aliphatic rings. The summed E-state index contributed by atoms with van der Waals surface area (Å²) in [5, 5.41) is 8.65. The van der Waals surface area contributed by atoms with Gasteiger partial charge in [0.25, 0.3) is 0 Å². The van der Waals surface area contributed by atoms with Crippen molar-refractivity contribution in [2.24, 2.45) is 5.73 Å². The summed E-state index contributed by atoms with van der Waals surface area (Å²) >= 11 is 0. The minimum atomic E-state index is -0.963. The molecular formula is C13H16N2O4. The Kier molecular flexibility index (Phi) is 4.66. The average molecular weight is 264 g/mol. The number of anilines is 1. The van der Waals surface area contributed by atoms with Gasteiger partial charge in [0.15, 0.2) is 0 Å². The maximum Gasteiger partial charge on any atom is 0.338 e. The molecule has 1 heterocycles. The lowest BCUT2D eigenvalue weighted by Crippen LogP contribution is -2.25. The molecule has 19 heavy (non-hydrogen) atoms. The van der Waals surface area contributed by atoms with Crippen molar-refractivity contribution in [3.05, 3.63) is 40.2 Å². The number of carboxylic acids is 1. The Morgan fingerprint density at radius 2 is 1.95 bits per heavy atom. The number of aryl methyl sites for hydroxylation is 1. The van der Waals surface area contributed by atoms with Crippen LogP contribution >= 0.6 is 0 Å². The summed E-state index contributed by atoms with van der Waals surface area (Å²) in [5.74, 6) is -0.963. The van der Waals surface area contributed by atoms with Gasteiger partial charge in [0.05, 0.1) is 0 Å². The number of nitrogen functional groups attached to an aromatic ring is 1. The number of carbonyl (C=O) groups is 1. The minimum absolute atomic E-state index is 0.407. The van der Waals surface area contributed by atoms with Gasteiger partial charge in [-0.3, -0.25) is 4.79 Å². The summed E-state index contributed by atoms with van der Waals surface area (Å²) in [6.45, 7) is 3.35. The zero-order chi connectivity index (χ0) is 14.6. The molecule has 0 unspecified atom stereocenters. The first kappa shape index (κ1) is 14.7. The van der Waals surface area contributed by atoms with Crippen LogP contribution in [0.25, 0.3) is 11.0 Å².